The van der Waals surface area contributed by atoms with Crippen LogP contribution in [0, 0.1) is 0 Å². The molecule has 0 saturated heterocycles. The van der Waals surface area contributed by atoms with Gasteiger partial charge in [-0.3, -0.25) is 0 Å². The first-order chi connectivity index (χ1) is 4.27. The Morgan fingerprint density at radius 2 is 1.89 bits per heavy atom. The third-order valence-electron chi connectivity index (χ3n) is 1.32. The van der Waals surface area contributed by atoms with E-state index in [1.54, 1.807) is 0 Å². The van der Waals surface area contributed by atoms with E-state index >= 15 is 0 Å². The molecule has 56 valence electrons. The van der Waals surface area contributed by atoms with E-state index < -0.39 is 0 Å². The standard InChI is InChI=1S/C7H16FN/c1-3-4-5-6-7-9(2)8/h3-7H2,1-2H3. The van der Waals surface area contributed by atoms with Crippen LogP contribution >= 0.6 is 0 Å². The molecule has 0 aromatic carbocycles. The van der Waals surface area contributed by atoms with E-state index in [1.165, 1.54) is 19.9 Å². The van der Waals surface area contributed by atoms with Gasteiger partial charge in [-0.05, 0) is 6.42 Å². The van der Waals surface area contributed by atoms with Crippen LogP contribution in [0.4, 0.5) is 4.48 Å². The van der Waals surface area contributed by atoms with E-state index in [4.69, 9.17) is 0 Å². The molecule has 0 unspecified atom stereocenters. The Morgan fingerprint density at radius 1 is 1.22 bits per heavy atom. The van der Waals surface area contributed by atoms with E-state index in [-0.39, 0.29) is 0 Å². The summed E-state index contributed by atoms with van der Waals surface area (Å²) in [5.74, 6) is 0. The Morgan fingerprint density at radius 3 is 2.33 bits per heavy atom. The minimum atomic E-state index is 0.583. The summed E-state index contributed by atoms with van der Waals surface area (Å²) in [6, 6.07) is 0. The van der Waals surface area contributed by atoms with Gasteiger partial charge in [-0.15, -0.1) is 9.60 Å². The maximum Gasteiger partial charge on any atom is 0.0287 e. The molecule has 0 spiro atoms. The summed E-state index contributed by atoms with van der Waals surface area (Å²) in [6.45, 7) is 2.74. The number of hydrogen-bond donors (Lipinski definition) is 0. The molecular formula is C7H16FN. The number of halogens is 1. The lowest BCUT2D eigenvalue weighted by atomic mass is 10.2. The lowest BCUT2D eigenvalue weighted by Crippen LogP contribution is -2.07. The SMILES string of the molecule is CCCCCCN(C)F. The van der Waals surface area contributed by atoms with Gasteiger partial charge in [-0.25, -0.2) is 0 Å². The summed E-state index contributed by atoms with van der Waals surface area (Å²) in [5.41, 5.74) is 0. The summed E-state index contributed by atoms with van der Waals surface area (Å²) in [6.07, 6.45) is 4.59. The van der Waals surface area contributed by atoms with Crippen LogP contribution in [0.5, 0.6) is 0 Å². The molecule has 0 bridgehead atoms. The molecule has 0 amide bonds. The van der Waals surface area contributed by atoms with Crippen molar-refractivity contribution in [1.82, 2.24) is 5.12 Å². The van der Waals surface area contributed by atoms with Crippen molar-refractivity contribution in [3.05, 3.63) is 0 Å². The van der Waals surface area contributed by atoms with Crippen molar-refractivity contribution in [2.24, 2.45) is 0 Å². The van der Waals surface area contributed by atoms with Crippen molar-refractivity contribution in [3.63, 3.8) is 0 Å². The minimum absolute atomic E-state index is 0.583. The lowest BCUT2D eigenvalue weighted by molar-refractivity contribution is 0.0580. The van der Waals surface area contributed by atoms with Gasteiger partial charge in [0.25, 0.3) is 0 Å². The number of nitrogens with zero attached hydrogens (tertiary/aromatic N) is 1. The number of rotatable bonds is 5. The second kappa shape index (κ2) is 6.02. The van der Waals surface area contributed by atoms with Gasteiger partial charge in [0, 0.05) is 13.6 Å². The smallest absolute Gasteiger partial charge is 0.0287 e. The minimum Gasteiger partial charge on any atom is -0.149 e. The Bertz CT molecular complexity index is 54.9. The van der Waals surface area contributed by atoms with E-state index in [2.05, 4.69) is 6.92 Å². The fourth-order valence-electron chi connectivity index (χ4n) is 0.756. The highest BCUT2D eigenvalue weighted by atomic mass is 19.2. The van der Waals surface area contributed by atoms with E-state index in [0.29, 0.717) is 6.54 Å². The Hall–Kier alpha value is -0.110. The van der Waals surface area contributed by atoms with Crippen LogP contribution in [-0.4, -0.2) is 18.7 Å². The average molecular weight is 133 g/mol. The molecule has 0 N–H and O–H groups in total. The first-order valence-electron chi connectivity index (χ1n) is 3.64. The van der Waals surface area contributed by atoms with E-state index in [0.717, 1.165) is 18.0 Å². The molecule has 0 atom stereocenters. The average Bonchev–Trinajstić information content (AvgIpc) is 1.80. The molecule has 1 nitrogen and oxygen atoms in total. The highest BCUT2D eigenvalue weighted by Crippen LogP contribution is 1.99. The topological polar surface area (TPSA) is 3.24 Å². The predicted octanol–water partition coefficient (Wildman–Crippen LogP) is 2.38. The van der Waals surface area contributed by atoms with Gasteiger partial charge in [0.05, 0.1) is 0 Å². The zero-order valence-corrected chi connectivity index (χ0v) is 6.36. The summed E-state index contributed by atoms with van der Waals surface area (Å²) in [7, 11) is 1.46. The maximum absolute atomic E-state index is 12.0. The molecule has 0 radical (unpaired) electrons. The van der Waals surface area contributed by atoms with E-state index in [1.807, 2.05) is 0 Å². The Labute approximate surface area is 56.8 Å². The second-order valence-corrected chi connectivity index (χ2v) is 2.39. The molecule has 0 rings (SSSR count). The molecule has 2 heteroatoms. The lowest BCUT2D eigenvalue weighted by Gasteiger charge is -2.02. The largest absolute Gasteiger partial charge is 0.149 e. The molecule has 0 aliphatic rings. The highest BCUT2D eigenvalue weighted by molar-refractivity contribution is 4.41. The molecule has 0 aliphatic heterocycles. The van der Waals surface area contributed by atoms with Gasteiger partial charge in [0.15, 0.2) is 0 Å². The van der Waals surface area contributed by atoms with Gasteiger partial charge in [0.1, 0.15) is 0 Å². The number of unbranched alkanes of at least 4 members (excludes halogenated alkanes) is 3. The van der Waals surface area contributed by atoms with Crippen LogP contribution in [0.3, 0.4) is 0 Å². The Kier molecular flexibility index (Phi) is 5.94. The van der Waals surface area contributed by atoms with Gasteiger partial charge in [0.2, 0.25) is 0 Å². The molecule has 9 heavy (non-hydrogen) atoms. The highest BCUT2D eigenvalue weighted by Gasteiger charge is 1.91. The molecular weight excluding hydrogens is 117 g/mol. The molecule has 0 heterocycles. The monoisotopic (exact) mass is 133 g/mol. The summed E-state index contributed by atoms with van der Waals surface area (Å²) < 4.78 is 12.0. The summed E-state index contributed by atoms with van der Waals surface area (Å²) in [5, 5.41) is 0.746. The second-order valence-electron chi connectivity index (χ2n) is 2.39. The fourth-order valence-corrected chi connectivity index (χ4v) is 0.756. The molecule has 0 aliphatic carbocycles. The summed E-state index contributed by atoms with van der Waals surface area (Å²) in [4.78, 5) is 0. The predicted molar refractivity (Wildman–Crippen MR) is 37.9 cm³/mol. The third-order valence-corrected chi connectivity index (χ3v) is 1.32. The normalized spacial score (nSPS) is 10.7. The zero-order chi connectivity index (χ0) is 7.11. The van der Waals surface area contributed by atoms with Gasteiger partial charge in [-0.2, -0.15) is 0 Å². The third kappa shape index (κ3) is 7.89. The van der Waals surface area contributed by atoms with Crippen molar-refractivity contribution >= 4 is 0 Å². The summed E-state index contributed by atoms with van der Waals surface area (Å²) >= 11 is 0. The molecule has 0 saturated carbocycles. The van der Waals surface area contributed by atoms with Crippen LogP contribution in [0.2, 0.25) is 0 Å². The fraction of sp³-hybridized carbons (Fsp3) is 1.00. The first kappa shape index (κ1) is 8.89. The van der Waals surface area contributed by atoms with Crippen LogP contribution in [0.25, 0.3) is 0 Å². The Balaban J connectivity index is 2.75. The van der Waals surface area contributed by atoms with Crippen molar-refractivity contribution < 1.29 is 4.48 Å². The molecule has 0 aromatic heterocycles. The zero-order valence-electron chi connectivity index (χ0n) is 6.36. The van der Waals surface area contributed by atoms with Crippen LogP contribution in [0.15, 0.2) is 0 Å². The van der Waals surface area contributed by atoms with Crippen molar-refractivity contribution in [2.75, 3.05) is 13.6 Å². The van der Waals surface area contributed by atoms with Crippen molar-refractivity contribution in [2.45, 2.75) is 32.6 Å². The number of hydrogen-bond acceptors (Lipinski definition) is 1. The van der Waals surface area contributed by atoms with Crippen molar-refractivity contribution in [1.29, 1.82) is 0 Å². The van der Waals surface area contributed by atoms with Crippen LogP contribution in [0.1, 0.15) is 32.6 Å². The van der Waals surface area contributed by atoms with Gasteiger partial charge < -0.3 is 0 Å². The van der Waals surface area contributed by atoms with Crippen LogP contribution < -0.4 is 0 Å². The van der Waals surface area contributed by atoms with E-state index in [9.17, 15) is 4.48 Å². The quantitative estimate of drug-likeness (QED) is 0.411. The molecule has 0 aromatic rings. The first-order valence-corrected chi connectivity index (χ1v) is 3.64. The van der Waals surface area contributed by atoms with Gasteiger partial charge >= 0.3 is 0 Å². The van der Waals surface area contributed by atoms with Crippen LogP contribution in [-0.2, 0) is 0 Å². The maximum atomic E-state index is 12.0. The van der Waals surface area contributed by atoms with Crippen molar-refractivity contribution in [3.8, 4) is 0 Å². The van der Waals surface area contributed by atoms with Gasteiger partial charge in [-0.1, -0.05) is 26.2 Å². The molecule has 0 fully saturated rings.